The highest BCUT2D eigenvalue weighted by Gasteiger charge is 2.29. The van der Waals surface area contributed by atoms with Crippen molar-refractivity contribution in [2.75, 3.05) is 18.4 Å². The van der Waals surface area contributed by atoms with Gasteiger partial charge in [-0.25, -0.2) is 8.78 Å². The van der Waals surface area contributed by atoms with Crippen LogP contribution < -0.4 is 16.0 Å². The molecular formula is C21H22ClF2N3O2. The standard InChI is InChI=1S/C21H21F2N3O2.ClH/c22-16-4-1-12(10-17(16)23)15-7-8-24-11-19(15)26-21(28)14-2-5-18-13(9-14)3-6-20(27)25-18;/h1-2,4-5,9-10,15,19,24H,3,6-8,11H2,(H,25,27)(H,26,28);1H. The third kappa shape index (κ3) is 4.57. The lowest BCUT2D eigenvalue weighted by Crippen LogP contribution is -2.50. The van der Waals surface area contributed by atoms with E-state index in [1.165, 1.54) is 6.07 Å². The minimum atomic E-state index is -0.877. The Hall–Kier alpha value is -2.51. The first-order valence-corrected chi connectivity index (χ1v) is 9.40. The Bertz CT molecular complexity index is 938. The number of benzene rings is 2. The molecule has 2 aromatic carbocycles. The molecule has 2 amide bonds. The Morgan fingerprint density at radius 3 is 2.69 bits per heavy atom. The van der Waals surface area contributed by atoms with Crippen molar-refractivity contribution in [2.24, 2.45) is 0 Å². The molecule has 1 saturated heterocycles. The summed E-state index contributed by atoms with van der Waals surface area (Å²) >= 11 is 0. The van der Waals surface area contributed by atoms with Crippen LogP contribution in [0.15, 0.2) is 36.4 Å². The molecule has 154 valence electrons. The number of hydrogen-bond donors (Lipinski definition) is 3. The van der Waals surface area contributed by atoms with Gasteiger partial charge in [-0.2, -0.15) is 0 Å². The number of carbonyl (C=O) groups is 2. The summed E-state index contributed by atoms with van der Waals surface area (Å²) in [6.45, 7) is 1.30. The smallest absolute Gasteiger partial charge is 0.251 e. The van der Waals surface area contributed by atoms with E-state index in [0.717, 1.165) is 23.9 Å². The minimum absolute atomic E-state index is 0. The van der Waals surface area contributed by atoms with Gasteiger partial charge in [-0.3, -0.25) is 9.59 Å². The summed E-state index contributed by atoms with van der Waals surface area (Å²) in [5, 5.41) is 9.07. The van der Waals surface area contributed by atoms with E-state index in [2.05, 4.69) is 16.0 Å². The number of hydrogen-bond acceptors (Lipinski definition) is 3. The normalized spacial score (nSPS) is 20.8. The summed E-state index contributed by atoms with van der Waals surface area (Å²) in [5.74, 6) is -2.09. The third-order valence-corrected chi connectivity index (χ3v) is 5.43. The van der Waals surface area contributed by atoms with Crippen molar-refractivity contribution in [3.05, 3.63) is 64.7 Å². The number of fused-ring (bicyclic) bond motifs is 1. The Kier molecular flexibility index (Phi) is 6.49. The molecule has 1 fully saturated rings. The summed E-state index contributed by atoms with van der Waals surface area (Å²) in [7, 11) is 0. The highest BCUT2D eigenvalue weighted by Crippen LogP contribution is 2.28. The molecule has 0 radical (unpaired) electrons. The van der Waals surface area contributed by atoms with Crippen molar-refractivity contribution in [1.29, 1.82) is 0 Å². The van der Waals surface area contributed by atoms with Crippen molar-refractivity contribution >= 4 is 29.9 Å². The quantitative estimate of drug-likeness (QED) is 0.713. The Morgan fingerprint density at radius 2 is 1.90 bits per heavy atom. The van der Waals surface area contributed by atoms with Gasteiger partial charge in [0.05, 0.1) is 0 Å². The minimum Gasteiger partial charge on any atom is -0.347 e. The highest BCUT2D eigenvalue weighted by molar-refractivity contribution is 5.98. The van der Waals surface area contributed by atoms with Crippen LogP contribution in [0.25, 0.3) is 0 Å². The molecule has 4 rings (SSSR count). The molecule has 0 aromatic heterocycles. The maximum Gasteiger partial charge on any atom is 0.251 e. The maximum absolute atomic E-state index is 13.7. The van der Waals surface area contributed by atoms with E-state index in [1.807, 2.05) is 0 Å². The molecule has 0 bridgehead atoms. The van der Waals surface area contributed by atoms with Crippen LogP contribution >= 0.6 is 12.4 Å². The van der Waals surface area contributed by atoms with Crippen molar-refractivity contribution in [1.82, 2.24) is 10.6 Å². The predicted octanol–water partition coefficient (Wildman–Crippen LogP) is 3.15. The first-order chi connectivity index (χ1) is 13.5. The van der Waals surface area contributed by atoms with Crippen LogP contribution in [0.4, 0.5) is 14.5 Å². The van der Waals surface area contributed by atoms with Crippen molar-refractivity contribution in [3.63, 3.8) is 0 Å². The third-order valence-electron chi connectivity index (χ3n) is 5.43. The second-order valence-electron chi connectivity index (χ2n) is 7.27. The van der Waals surface area contributed by atoms with Crippen LogP contribution in [-0.2, 0) is 11.2 Å². The monoisotopic (exact) mass is 421 g/mol. The molecular weight excluding hydrogens is 400 g/mol. The average molecular weight is 422 g/mol. The van der Waals surface area contributed by atoms with Crippen LogP contribution in [0, 0.1) is 11.6 Å². The first-order valence-electron chi connectivity index (χ1n) is 9.40. The van der Waals surface area contributed by atoms with E-state index < -0.39 is 11.6 Å². The lowest BCUT2D eigenvalue weighted by Gasteiger charge is -2.33. The number of piperidine rings is 1. The van der Waals surface area contributed by atoms with Gasteiger partial charge in [0.1, 0.15) is 0 Å². The van der Waals surface area contributed by atoms with Crippen LogP contribution in [0.3, 0.4) is 0 Å². The zero-order valence-corrected chi connectivity index (χ0v) is 16.5. The molecule has 2 atom stereocenters. The Balaban J connectivity index is 0.00000240. The van der Waals surface area contributed by atoms with E-state index in [1.54, 1.807) is 24.3 Å². The van der Waals surface area contributed by atoms with E-state index in [-0.39, 0.29) is 36.2 Å². The summed E-state index contributed by atoms with van der Waals surface area (Å²) in [4.78, 5) is 24.3. The fourth-order valence-corrected chi connectivity index (χ4v) is 3.93. The lowest BCUT2D eigenvalue weighted by atomic mass is 9.85. The van der Waals surface area contributed by atoms with Gasteiger partial charge in [0.2, 0.25) is 5.91 Å². The number of nitrogens with one attached hydrogen (secondary N) is 3. The fourth-order valence-electron chi connectivity index (χ4n) is 3.93. The SMILES string of the molecule is Cl.O=C1CCc2cc(C(=O)NC3CNCCC3c3ccc(F)c(F)c3)ccc2N1. The lowest BCUT2D eigenvalue weighted by molar-refractivity contribution is -0.116. The summed E-state index contributed by atoms with van der Waals surface area (Å²) in [6, 6.07) is 8.91. The molecule has 8 heteroatoms. The number of carbonyl (C=O) groups excluding carboxylic acids is 2. The fraction of sp³-hybridized carbons (Fsp3) is 0.333. The molecule has 2 aromatic rings. The number of anilines is 1. The molecule has 0 spiro atoms. The second kappa shape index (κ2) is 8.88. The van der Waals surface area contributed by atoms with Gasteiger partial charge in [0, 0.05) is 36.2 Å². The maximum atomic E-state index is 13.7. The molecule has 0 saturated carbocycles. The van der Waals surface area contributed by atoms with Crippen molar-refractivity contribution < 1.29 is 18.4 Å². The van der Waals surface area contributed by atoms with E-state index in [9.17, 15) is 18.4 Å². The molecule has 0 aliphatic carbocycles. The Morgan fingerprint density at radius 1 is 1.07 bits per heavy atom. The molecule has 2 aliphatic rings. The summed E-state index contributed by atoms with van der Waals surface area (Å²) in [6.07, 6.45) is 1.72. The Labute approximate surface area is 173 Å². The van der Waals surface area contributed by atoms with Gasteiger partial charge in [-0.15, -0.1) is 12.4 Å². The van der Waals surface area contributed by atoms with Crippen LogP contribution in [0.1, 0.15) is 40.2 Å². The zero-order valence-electron chi connectivity index (χ0n) is 15.6. The average Bonchev–Trinajstić information content (AvgIpc) is 2.70. The van der Waals surface area contributed by atoms with Crippen LogP contribution in [0.2, 0.25) is 0 Å². The molecule has 2 heterocycles. The zero-order chi connectivity index (χ0) is 19.7. The van der Waals surface area contributed by atoms with Gasteiger partial charge in [0.15, 0.2) is 11.6 Å². The second-order valence-corrected chi connectivity index (χ2v) is 7.27. The molecule has 3 N–H and O–H groups in total. The number of halogens is 3. The molecule has 2 unspecified atom stereocenters. The van der Waals surface area contributed by atoms with Crippen LogP contribution in [0.5, 0.6) is 0 Å². The summed E-state index contributed by atoms with van der Waals surface area (Å²) in [5.41, 5.74) is 2.88. The largest absolute Gasteiger partial charge is 0.347 e. The number of rotatable bonds is 3. The van der Waals surface area contributed by atoms with Crippen LogP contribution in [-0.4, -0.2) is 30.9 Å². The predicted molar refractivity (Wildman–Crippen MR) is 108 cm³/mol. The van der Waals surface area contributed by atoms with Gasteiger partial charge < -0.3 is 16.0 Å². The van der Waals surface area contributed by atoms with Gasteiger partial charge in [0.25, 0.3) is 5.91 Å². The first kappa shape index (κ1) is 21.2. The van der Waals surface area contributed by atoms with Gasteiger partial charge in [-0.05, 0) is 60.8 Å². The van der Waals surface area contributed by atoms with Gasteiger partial charge in [-0.1, -0.05) is 6.07 Å². The number of aryl methyl sites for hydroxylation is 1. The van der Waals surface area contributed by atoms with Crippen molar-refractivity contribution in [3.8, 4) is 0 Å². The topological polar surface area (TPSA) is 70.2 Å². The molecule has 2 aliphatic heterocycles. The van der Waals surface area contributed by atoms with Gasteiger partial charge >= 0.3 is 0 Å². The van der Waals surface area contributed by atoms with E-state index in [4.69, 9.17) is 0 Å². The van der Waals surface area contributed by atoms with E-state index >= 15 is 0 Å². The summed E-state index contributed by atoms with van der Waals surface area (Å²) < 4.78 is 26.9. The van der Waals surface area contributed by atoms with E-state index in [0.29, 0.717) is 36.9 Å². The van der Waals surface area contributed by atoms with Crippen molar-refractivity contribution in [2.45, 2.75) is 31.2 Å². The number of amides is 2. The molecule has 5 nitrogen and oxygen atoms in total. The highest BCUT2D eigenvalue weighted by atomic mass is 35.5. The molecule has 29 heavy (non-hydrogen) atoms.